The molecule has 0 radical (unpaired) electrons. The molecule has 100 valence electrons. The Morgan fingerprint density at radius 1 is 1.44 bits per heavy atom. The Kier molecular flexibility index (Phi) is 6.07. The largest absolute Gasteiger partial charge is 0.383 e. The summed E-state index contributed by atoms with van der Waals surface area (Å²) in [5.74, 6) is 0.347. The van der Waals surface area contributed by atoms with E-state index in [9.17, 15) is 4.79 Å². The summed E-state index contributed by atoms with van der Waals surface area (Å²) in [7, 11) is 1.63. The van der Waals surface area contributed by atoms with Crippen molar-refractivity contribution in [3.05, 3.63) is 18.0 Å². The summed E-state index contributed by atoms with van der Waals surface area (Å²) in [6.07, 6.45) is 3.92. The molecule has 0 aliphatic rings. The smallest absolute Gasteiger partial charge is 0.254 e. The van der Waals surface area contributed by atoms with Gasteiger partial charge in [0.15, 0.2) is 0 Å². The first-order valence-corrected chi connectivity index (χ1v) is 6.03. The average Bonchev–Trinajstić information content (AvgIpc) is 2.39. The van der Waals surface area contributed by atoms with Gasteiger partial charge in [-0.1, -0.05) is 6.92 Å². The maximum Gasteiger partial charge on any atom is 0.254 e. The summed E-state index contributed by atoms with van der Waals surface area (Å²) in [6.45, 7) is 5.19. The van der Waals surface area contributed by atoms with Crippen LogP contribution >= 0.6 is 0 Å². The summed E-state index contributed by atoms with van der Waals surface area (Å²) < 4.78 is 4.90. The summed E-state index contributed by atoms with van der Waals surface area (Å²) in [5, 5.41) is 5.84. The van der Waals surface area contributed by atoms with E-state index in [4.69, 9.17) is 4.74 Å². The first-order chi connectivity index (χ1) is 8.67. The van der Waals surface area contributed by atoms with Crippen LogP contribution < -0.4 is 10.6 Å². The number of carbonyl (C=O) groups is 1. The maximum atomic E-state index is 11.8. The van der Waals surface area contributed by atoms with Gasteiger partial charge in [-0.2, -0.15) is 0 Å². The first-order valence-electron chi connectivity index (χ1n) is 6.03. The minimum atomic E-state index is -0.146. The second-order valence-corrected chi connectivity index (χ2v) is 4.00. The van der Waals surface area contributed by atoms with Crippen LogP contribution in [-0.2, 0) is 4.74 Å². The standard InChI is InChI=1S/C12H20N4O2/c1-4-9(2)16-11(17)10-7-14-12(15-8-10)13-5-6-18-3/h7-9H,4-6H2,1-3H3,(H,16,17)(H,13,14,15). The van der Waals surface area contributed by atoms with Crippen molar-refractivity contribution in [1.82, 2.24) is 15.3 Å². The van der Waals surface area contributed by atoms with Crippen LogP contribution in [-0.4, -0.2) is 42.2 Å². The quantitative estimate of drug-likeness (QED) is 0.710. The lowest BCUT2D eigenvalue weighted by molar-refractivity contribution is 0.0938. The number of nitrogens with one attached hydrogen (secondary N) is 2. The molecular formula is C12H20N4O2. The molecule has 0 fully saturated rings. The fourth-order valence-corrected chi connectivity index (χ4v) is 1.21. The third kappa shape index (κ3) is 4.67. The Balaban J connectivity index is 2.51. The van der Waals surface area contributed by atoms with Gasteiger partial charge in [0.1, 0.15) is 0 Å². The van der Waals surface area contributed by atoms with E-state index in [2.05, 4.69) is 20.6 Å². The SMILES string of the molecule is CCC(C)NC(=O)c1cnc(NCCOC)nc1. The Bertz CT molecular complexity index is 367. The molecule has 6 heteroatoms. The molecule has 0 spiro atoms. The number of hydrogen-bond acceptors (Lipinski definition) is 5. The van der Waals surface area contributed by atoms with Crippen molar-refractivity contribution in [2.24, 2.45) is 0 Å². The Morgan fingerprint density at radius 3 is 2.67 bits per heavy atom. The summed E-state index contributed by atoms with van der Waals surface area (Å²) in [6, 6.07) is 0.150. The molecule has 0 aliphatic heterocycles. The molecule has 2 N–H and O–H groups in total. The van der Waals surface area contributed by atoms with E-state index in [1.54, 1.807) is 7.11 Å². The monoisotopic (exact) mass is 252 g/mol. The highest BCUT2D eigenvalue weighted by molar-refractivity contribution is 5.93. The van der Waals surface area contributed by atoms with E-state index in [1.165, 1.54) is 12.4 Å². The van der Waals surface area contributed by atoms with Crippen molar-refractivity contribution >= 4 is 11.9 Å². The van der Waals surface area contributed by atoms with Gasteiger partial charge < -0.3 is 15.4 Å². The van der Waals surface area contributed by atoms with E-state index in [0.717, 1.165) is 6.42 Å². The second kappa shape index (κ2) is 7.60. The van der Waals surface area contributed by atoms with Crippen LogP contribution in [0.4, 0.5) is 5.95 Å². The zero-order valence-corrected chi connectivity index (χ0v) is 11.1. The molecule has 1 amide bonds. The molecule has 0 saturated heterocycles. The molecule has 6 nitrogen and oxygen atoms in total. The minimum Gasteiger partial charge on any atom is -0.383 e. The van der Waals surface area contributed by atoms with Gasteiger partial charge in [0.25, 0.3) is 5.91 Å². The van der Waals surface area contributed by atoms with Gasteiger partial charge in [-0.05, 0) is 13.3 Å². The topological polar surface area (TPSA) is 76.1 Å². The van der Waals surface area contributed by atoms with Crippen LogP contribution in [0.2, 0.25) is 0 Å². The molecule has 0 saturated carbocycles. The number of hydrogen-bond donors (Lipinski definition) is 2. The Hall–Kier alpha value is -1.69. The molecule has 1 aromatic heterocycles. The normalized spacial score (nSPS) is 11.9. The minimum absolute atomic E-state index is 0.146. The molecular weight excluding hydrogens is 232 g/mol. The molecule has 1 rings (SSSR count). The highest BCUT2D eigenvalue weighted by Gasteiger charge is 2.09. The fourth-order valence-electron chi connectivity index (χ4n) is 1.21. The highest BCUT2D eigenvalue weighted by atomic mass is 16.5. The van der Waals surface area contributed by atoms with Crippen molar-refractivity contribution in [2.75, 3.05) is 25.6 Å². The average molecular weight is 252 g/mol. The van der Waals surface area contributed by atoms with E-state index in [-0.39, 0.29) is 11.9 Å². The Labute approximate surface area is 107 Å². The summed E-state index contributed by atoms with van der Waals surface area (Å²) >= 11 is 0. The van der Waals surface area contributed by atoms with Gasteiger partial charge in [0.05, 0.1) is 12.2 Å². The van der Waals surface area contributed by atoms with Gasteiger partial charge in [-0.15, -0.1) is 0 Å². The molecule has 1 aromatic rings. The van der Waals surface area contributed by atoms with E-state index < -0.39 is 0 Å². The van der Waals surface area contributed by atoms with Crippen molar-refractivity contribution in [3.63, 3.8) is 0 Å². The van der Waals surface area contributed by atoms with Crippen molar-refractivity contribution in [3.8, 4) is 0 Å². The Morgan fingerprint density at radius 2 is 2.11 bits per heavy atom. The third-order valence-electron chi connectivity index (χ3n) is 2.49. The van der Waals surface area contributed by atoms with Crippen LogP contribution in [0.25, 0.3) is 0 Å². The summed E-state index contributed by atoms with van der Waals surface area (Å²) in [5.41, 5.74) is 0.465. The van der Waals surface area contributed by atoms with Gasteiger partial charge in [-0.3, -0.25) is 4.79 Å². The molecule has 1 atom stereocenters. The number of aromatic nitrogens is 2. The van der Waals surface area contributed by atoms with Gasteiger partial charge in [0.2, 0.25) is 5.95 Å². The lowest BCUT2D eigenvalue weighted by Gasteiger charge is -2.11. The number of rotatable bonds is 7. The highest BCUT2D eigenvalue weighted by Crippen LogP contribution is 2.01. The molecule has 1 heterocycles. The third-order valence-corrected chi connectivity index (χ3v) is 2.49. The van der Waals surface area contributed by atoms with Crippen molar-refractivity contribution < 1.29 is 9.53 Å². The van der Waals surface area contributed by atoms with E-state index in [1.807, 2.05) is 13.8 Å². The van der Waals surface area contributed by atoms with Crippen LogP contribution in [0, 0.1) is 0 Å². The van der Waals surface area contributed by atoms with Crippen LogP contribution in [0.3, 0.4) is 0 Å². The number of nitrogens with zero attached hydrogens (tertiary/aromatic N) is 2. The molecule has 0 aliphatic carbocycles. The molecule has 0 aromatic carbocycles. The lowest BCUT2D eigenvalue weighted by Crippen LogP contribution is -2.32. The number of methoxy groups -OCH3 is 1. The van der Waals surface area contributed by atoms with Crippen LogP contribution in [0.5, 0.6) is 0 Å². The lowest BCUT2D eigenvalue weighted by atomic mass is 10.2. The van der Waals surface area contributed by atoms with Crippen LogP contribution in [0.1, 0.15) is 30.6 Å². The van der Waals surface area contributed by atoms with Gasteiger partial charge in [0, 0.05) is 32.1 Å². The van der Waals surface area contributed by atoms with E-state index in [0.29, 0.717) is 24.7 Å². The van der Waals surface area contributed by atoms with E-state index >= 15 is 0 Å². The first kappa shape index (κ1) is 14.4. The number of anilines is 1. The molecule has 18 heavy (non-hydrogen) atoms. The van der Waals surface area contributed by atoms with Gasteiger partial charge >= 0.3 is 0 Å². The second-order valence-electron chi connectivity index (χ2n) is 4.00. The predicted octanol–water partition coefficient (Wildman–Crippen LogP) is 1.06. The number of ether oxygens (including phenoxy) is 1. The fraction of sp³-hybridized carbons (Fsp3) is 0.583. The predicted molar refractivity (Wildman–Crippen MR) is 69.6 cm³/mol. The molecule has 0 bridgehead atoms. The zero-order chi connectivity index (χ0) is 13.4. The van der Waals surface area contributed by atoms with Crippen molar-refractivity contribution in [2.45, 2.75) is 26.3 Å². The number of carbonyl (C=O) groups excluding carboxylic acids is 1. The van der Waals surface area contributed by atoms with Crippen molar-refractivity contribution in [1.29, 1.82) is 0 Å². The van der Waals surface area contributed by atoms with Gasteiger partial charge in [-0.25, -0.2) is 9.97 Å². The molecule has 1 unspecified atom stereocenters. The zero-order valence-electron chi connectivity index (χ0n) is 11.1. The number of amides is 1. The van der Waals surface area contributed by atoms with Crippen LogP contribution in [0.15, 0.2) is 12.4 Å². The maximum absolute atomic E-state index is 11.8. The summed E-state index contributed by atoms with van der Waals surface area (Å²) in [4.78, 5) is 19.9.